The molecule has 0 amide bonds. The third kappa shape index (κ3) is 3.14. The van der Waals surface area contributed by atoms with Crippen molar-refractivity contribution in [2.75, 3.05) is 18.5 Å². The smallest absolute Gasteiger partial charge is 0.311 e. The Morgan fingerprint density at radius 3 is 2.85 bits per heavy atom. The van der Waals surface area contributed by atoms with Crippen molar-refractivity contribution < 1.29 is 9.90 Å². The first-order valence-electron chi connectivity index (χ1n) is 7.44. The molecule has 1 fully saturated rings. The number of carbonyl (C=O) groups is 1. The van der Waals surface area contributed by atoms with Crippen molar-refractivity contribution in [3.8, 4) is 0 Å². The van der Waals surface area contributed by atoms with Gasteiger partial charge in [-0.3, -0.25) is 4.79 Å². The Kier molecular flexibility index (Phi) is 4.36. The second-order valence-corrected chi connectivity index (χ2v) is 6.48. The summed E-state index contributed by atoms with van der Waals surface area (Å²) < 4.78 is 0. The number of rotatable bonds is 4. The average Bonchev–Trinajstić information content (AvgIpc) is 2.38. The number of aliphatic carboxylic acids is 1. The molecule has 0 saturated heterocycles. The summed E-state index contributed by atoms with van der Waals surface area (Å²) >= 11 is 0. The molecule has 0 heterocycles. The molecular weight excluding hydrogens is 250 g/mol. The van der Waals surface area contributed by atoms with Gasteiger partial charge in [-0.15, -0.1) is 0 Å². The molecule has 2 unspecified atom stereocenters. The molecule has 1 aromatic rings. The zero-order valence-electron chi connectivity index (χ0n) is 12.7. The van der Waals surface area contributed by atoms with Crippen LogP contribution in [0.4, 0.5) is 5.69 Å². The molecule has 0 aliphatic heterocycles. The van der Waals surface area contributed by atoms with Gasteiger partial charge in [0.25, 0.3) is 0 Å². The molecule has 0 radical (unpaired) electrons. The number of nitrogens with zero attached hydrogens (tertiary/aromatic N) is 1. The van der Waals surface area contributed by atoms with E-state index in [9.17, 15) is 9.90 Å². The summed E-state index contributed by atoms with van der Waals surface area (Å²) in [7, 11) is 2.00. The molecule has 3 nitrogen and oxygen atoms in total. The highest BCUT2D eigenvalue weighted by atomic mass is 16.4. The van der Waals surface area contributed by atoms with E-state index in [1.807, 2.05) is 13.1 Å². The van der Waals surface area contributed by atoms with Crippen molar-refractivity contribution in [1.29, 1.82) is 0 Å². The molecule has 0 spiro atoms. The maximum Gasteiger partial charge on any atom is 0.311 e. The minimum absolute atomic E-state index is 0.505. The third-order valence-corrected chi connectivity index (χ3v) is 4.53. The number of aryl methyl sites for hydroxylation is 1. The topological polar surface area (TPSA) is 40.5 Å². The van der Waals surface area contributed by atoms with E-state index in [1.165, 1.54) is 5.56 Å². The molecule has 1 aliphatic rings. The highest BCUT2D eigenvalue weighted by Crippen LogP contribution is 2.40. The zero-order valence-corrected chi connectivity index (χ0v) is 12.7. The van der Waals surface area contributed by atoms with Crippen molar-refractivity contribution >= 4 is 11.7 Å². The van der Waals surface area contributed by atoms with Crippen LogP contribution in [0.25, 0.3) is 0 Å². The fourth-order valence-corrected chi connectivity index (χ4v) is 3.48. The lowest BCUT2D eigenvalue weighted by Gasteiger charge is -2.39. The van der Waals surface area contributed by atoms with E-state index in [2.05, 4.69) is 36.9 Å². The number of carboxylic acid groups (broad SMARTS) is 1. The van der Waals surface area contributed by atoms with Crippen molar-refractivity contribution in [3.63, 3.8) is 0 Å². The Morgan fingerprint density at radius 1 is 1.50 bits per heavy atom. The Morgan fingerprint density at radius 2 is 2.25 bits per heavy atom. The summed E-state index contributed by atoms with van der Waals surface area (Å²) in [4.78, 5) is 13.9. The first kappa shape index (κ1) is 14.9. The molecule has 0 bridgehead atoms. The van der Waals surface area contributed by atoms with Gasteiger partial charge >= 0.3 is 5.97 Å². The molecule has 1 aliphatic carbocycles. The Hall–Kier alpha value is -1.51. The van der Waals surface area contributed by atoms with Gasteiger partial charge in [-0.1, -0.05) is 31.9 Å². The molecular formula is C17H25NO2. The Bertz CT molecular complexity index is 486. The molecule has 2 atom stereocenters. The van der Waals surface area contributed by atoms with Crippen LogP contribution in [0.15, 0.2) is 24.3 Å². The third-order valence-electron chi connectivity index (χ3n) is 4.53. The maximum atomic E-state index is 11.8. The van der Waals surface area contributed by atoms with E-state index in [1.54, 1.807) is 0 Å². The number of carboxylic acids is 1. The first-order chi connectivity index (χ1) is 9.43. The lowest BCUT2D eigenvalue weighted by molar-refractivity contribution is -0.151. The van der Waals surface area contributed by atoms with Gasteiger partial charge in [-0.05, 0) is 43.4 Å². The normalized spacial score (nSPS) is 26.2. The number of hydrogen-bond donors (Lipinski definition) is 1. The standard InChI is InChI=1S/C17H25NO2/c1-13-6-4-8-15(10-13)18(3)12-17(16(19)20)9-5-7-14(2)11-17/h4,6,8,10,14H,5,7,9,11-12H2,1-3H3,(H,19,20). The van der Waals surface area contributed by atoms with Gasteiger partial charge in [-0.2, -0.15) is 0 Å². The van der Waals surface area contributed by atoms with Crippen LogP contribution in [0.2, 0.25) is 0 Å². The summed E-state index contributed by atoms with van der Waals surface area (Å²) in [5.41, 5.74) is 1.72. The van der Waals surface area contributed by atoms with Crippen LogP contribution < -0.4 is 4.90 Å². The zero-order chi connectivity index (χ0) is 14.8. The van der Waals surface area contributed by atoms with E-state index in [0.29, 0.717) is 12.5 Å². The molecule has 1 saturated carbocycles. The predicted octanol–water partition coefficient (Wildman–Crippen LogP) is 3.71. The molecule has 20 heavy (non-hydrogen) atoms. The van der Waals surface area contributed by atoms with Crippen molar-refractivity contribution in [2.24, 2.45) is 11.3 Å². The van der Waals surface area contributed by atoms with Crippen LogP contribution in [0.1, 0.15) is 38.2 Å². The van der Waals surface area contributed by atoms with Gasteiger partial charge in [0.1, 0.15) is 0 Å². The Labute approximate surface area is 121 Å². The van der Waals surface area contributed by atoms with Crippen LogP contribution in [0.5, 0.6) is 0 Å². The average molecular weight is 275 g/mol. The van der Waals surface area contributed by atoms with Gasteiger partial charge < -0.3 is 10.0 Å². The number of benzene rings is 1. The minimum atomic E-state index is -0.636. The van der Waals surface area contributed by atoms with Crippen LogP contribution in [-0.4, -0.2) is 24.7 Å². The van der Waals surface area contributed by atoms with E-state index in [0.717, 1.165) is 31.4 Å². The van der Waals surface area contributed by atoms with Crippen LogP contribution in [-0.2, 0) is 4.79 Å². The molecule has 1 aromatic carbocycles. The molecule has 3 heteroatoms. The van der Waals surface area contributed by atoms with E-state index < -0.39 is 11.4 Å². The van der Waals surface area contributed by atoms with Crippen molar-refractivity contribution in [2.45, 2.75) is 39.5 Å². The highest BCUT2D eigenvalue weighted by Gasteiger charge is 2.42. The number of anilines is 1. The lowest BCUT2D eigenvalue weighted by Crippen LogP contribution is -2.45. The monoisotopic (exact) mass is 275 g/mol. The quantitative estimate of drug-likeness (QED) is 0.910. The van der Waals surface area contributed by atoms with Gasteiger partial charge in [0.2, 0.25) is 0 Å². The fourth-order valence-electron chi connectivity index (χ4n) is 3.48. The largest absolute Gasteiger partial charge is 0.481 e. The van der Waals surface area contributed by atoms with Crippen LogP contribution >= 0.6 is 0 Å². The first-order valence-corrected chi connectivity index (χ1v) is 7.44. The van der Waals surface area contributed by atoms with Gasteiger partial charge in [0, 0.05) is 19.3 Å². The second kappa shape index (κ2) is 5.86. The summed E-state index contributed by atoms with van der Waals surface area (Å²) in [6, 6.07) is 8.25. The summed E-state index contributed by atoms with van der Waals surface area (Å²) in [6.07, 6.45) is 3.76. The van der Waals surface area contributed by atoms with Crippen molar-refractivity contribution in [3.05, 3.63) is 29.8 Å². The second-order valence-electron chi connectivity index (χ2n) is 6.48. The van der Waals surface area contributed by atoms with Gasteiger partial charge in [0.05, 0.1) is 5.41 Å². The fraction of sp³-hybridized carbons (Fsp3) is 0.588. The molecule has 1 N–H and O–H groups in total. The summed E-state index contributed by atoms with van der Waals surface area (Å²) in [6.45, 7) is 4.83. The molecule has 2 rings (SSSR count). The molecule has 0 aromatic heterocycles. The van der Waals surface area contributed by atoms with E-state index in [4.69, 9.17) is 0 Å². The van der Waals surface area contributed by atoms with Crippen molar-refractivity contribution in [1.82, 2.24) is 0 Å². The predicted molar refractivity (Wildman–Crippen MR) is 82.1 cm³/mol. The summed E-state index contributed by atoms with van der Waals surface area (Å²) in [5.74, 6) is -0.130. The molecule has 110 valence electrons. The van der Waals surface area contributed by atoms with Crippen LogP contribution in [0.3, 0.4) is 0 Å². The highest BCUT2D eigenvalue weighted by molar-refractivity contribution is 5.76. The summed E-state index contributed by atoms with van der Waals surface area (Å²) in [5, 5.41) is 9.73. The Balaban J connectivity index is 2.18. The van der Waals surface area contributed by atoms with Gasteiger partial charge in [0.15, 0.2) is 0 Å². The van der Waals surface area contributed by atoms with Crippen LogP contribution in [0, 0.1) is 18.3 Å². The SMILES string of the molecule is Cc1cccc(N(C)CC2(C(=O)O)CCCC(C)C2)c1. The lowest BCUT2D eigenvalue weighted by atomic mass is 9.69. The van der Waals surface area contributed by atoms with E-state index in [-0.39, 0.29) is 0 Å². The van der Waals surface area contributed by atoms with E-state index >= 15 is 0 Å². The van der Waals surface area contributed by atoms with Gasteiger partial charge in [-0.25, -0.2) is 0 Å². The maximum absolute atomic E-state index is 11.8. The number of hydrogen-bond acceptors (Lipinski definition) is 2. The minimum Gasteiger partial charge on any atom is -0.481 e.